The summed E-state index contributed by atoms with van der Waals surface area (Å²) in [5.41, 5.74) is 0.966. The van der Waals surface area contributed by atoms with E-state index < -0.39 is 0 Å². The summed E-state index contributed by atoms with van der Waals surface area (Å²) in [5.74, 6) is -0.257. The van der Waals surface area contributed by atoms with E-state index in [9.17, 15) is 4.79 Å². The Balaban J connectivity index is 1.43. The van der Waals surface area contributed by atoms with Crippen molar-refractivity contribution in [3.8, 4) is 0 Å². The van der Waals surface area contributed by atoms with Crippen LogP contribution >= 0.6 is 11.3 Å². The lowest BCUT2D eigenvalue weighted by molar-refractivity contribution is -0.130. The number of rotatable bonds is 4. The molecule has 4 N–H and O–H groups in total. The van der Waals surface area contributed by atoms with Gasteiger partial charge < -0.3 is 10.6 Å². The first-order valence-corrected chi connectivity index (χ1v) is 10.7. The summed E-state index contributed by atoms with van der Waals surface area (Å²) in [5, 5.41) is 14.9. The van der Waals surface area contributed by atoms with Gasteiger partial charge in [0.25, 0.3) is 0 Å². The number of para-hydroxylation sites is 1. The number of thiazole rings is 1. The smallest absolute Gasteiger partial charge is 0.235 e. The van der Waals surface area contributed by atoms with Gasteiger partial charge in [-0.2, -0.15) is 0 Å². The Morgan fingerprint density at radius 1 is 1.22 bits per heavy atom. The van der Waals surface area contributed by atoms with E-state index in [0.717, 1.165) is 54.2 Å². The summed E-state index contributed by atoms with van der Waals surface area (Å²) in [6.45, 7) is 4.08. The first-order valence-electron chi connectivity index (χ1n) is 9.91. The van der Waals surface area contributed by atoms with Crippen LogP contribution in [0.25, 0.3) is 10.2 Å². The molecule has 4 atom stereocenters. The summed E-state index contributed by atoms with van der Waals surface area (Å²) in [6.07, 6.45) is 3.28. The lowest BCUT2D eigenvalue weighted by Crippen LogP contribution is -2.72. The number of carbonyl (C=O) groups is 1. The highest BCUT2D eigenvalue weighted by atomic mass is 32.1. The molecule has 1 amide bonds. The third-order valence-corrected chi connectivity index (χ3v) is 6.90. The van der Waals surface area contributed by atoms with Crippen molar-refractivity contribution in [1.82, 2.24) is 31.2 Å². The van der Waals surface area contributed by atoms with Crippen LogP contribution in [-0.4, -0.2) is 60.5 Å². The van der Waals surface area contributed by atoms with Gasteiger partial charge in [-0.15, -0.1) is 11.3 Å². The zero-order valence-corrected chi connectivity index (χ0v) is 16.1. The average Bonchev–Trinajstić information content (AvgIpc) is 3.04. The number of amides is 1. The van der Waals surface area contributed by atoms with Crippen LogP contribution in [0.5, 0.6) is 0 Å². The zero-order chi connectivity index (χ0) is 18.2. The van der Waals surface area contributed by atoms with Gasteiger partial charge in [0.15, 0.2) is 0 Å². The summed E-state index contributed by atoms with van der Waals surface area (Å²) in [6, 6.07) is 8.47. The van der Waals surface area contributed by atoms with E-state index >= 15 is 0 Å². The van der Waals surface area contributed by atoms with Crippen molar-refractivity contribution in [3.05, 3.63) is 29.3 Å². The predicted octanol–water partition coefficient (Wildman–Crippen LogP) is 0.756. The number of carbonyl (C=O) groups excluding carboxylic acids is 1. The Morgan fingerprint density at radius 3 is 2.85 bits per heavy atom. The van der Waals surface area contributed by atoms with Crippen LogP contribution in [-0.2, 0) is 4.79 Å². The van der Waals surface area contributed by atoms with E-state index in [1.54, 1.807) is 11.3 Å². The molecule has 0 bridgehead atoms. The maximum Gasteiger partial charge on any atom is 0.235 e. The van der Waals surface area contributed by atoms with E-state index in [0.29, 0.717) is 6.04 Å². The van der Waals surface area contributed by atoms with E-state index in [1.165, 1.54) is 6.42 Å². The minimum absolute atomic E-state index is 0.0611. The van der Waals surface area contributed by atoms with Crippen LogP contribution in [0.3, 0.4) is 0 Å². The molecule has 27 heavy (non-hydrogen) atoms. The number of likely N-dealkylation sites (tertiary alicyclic amines) is 1. The van der Waals surface area contributed by atoms with Crippen LogP contribution in [0.1, 0.15) is 30.2 Å². The van der Waals surface area contributed by atoms with Gasteiger partial charge in [-0.1, -0.05) is 12.1 Å². The fraction of sp³-hybridized carbons (Fsp3) is 0.579. The highest BCUT2D eigenvalue weighted by Crippen LogP contribution is 2.31. The highest BCUT2D eigenvalue weighted by molar-refractivity contribution is 7.18. The standard InChI is InChI=1S/C19H26N6OS/c26-17-15(18-22-13-6-1-2-7-14(13)27-18)16(21-12-5-3-8-20-11-12)23-19(24-17)25-9-4-10-25/h1-2,6-7,12,15-16,19-21,23H,3-5,8-11H2,(H,24,26)/t12-,15?,16?,19?/m1/s1. The van der Waals surface area contributed by atoms with Crippen LogP contribution in [0.4, 0.5) is 0 Å². The van der Waals surface area contributed by atoms with Gasteiger partial charge in [0.2, 0.25) is 5.91 Å². The Morgan fingerprint density at radius 2 is 2.11 bits per heavy atom. The molecule has 2 aromatic rings. The molecule has 0 spiro atoms. The number of aromatic nitrogens is 1. The van der Waals surface area contributed by atoms with E-state index in [-0.39, 0.29) is 24.3 Å². The molecular formula is C19H26N6OS. The molecule has 3 aliphatic heterocycles. The van der Waals surface area contributed by atoms with Crippen molar-refractivity contribution >= 4 is 27.5 Å². The first-order chi connectivity index (χ1) is 13.3. The topological polar surface area (TPSA) is 81.3 Å². The van der Waals surface area contributed by atoms with Crippen molar-refractivity contribution < 1.29 is 4.79 Å². The summed E-state index contributed by atoms with van der Waals surface area (Å²) in [7, 11) is 0. The van der Waals surface area contributed by atoms with Crippen LogP contribution in [0.2, 0.25) is 0 Å². The van der Waals surface area contributed by atoms with Crippen LogP contribution in [0.15, 0.2) is 24.3 Å². The largest absolute Gasteiger partial charge is 0.327 e. The molecule has 5 rings (SSSR count). The Bertz CT molecular complexity index is 780. The van der Waals surface area contributed by atoms with Gasteiger partial charge in [0.1, 0.15) is 17.2 Å². The van der Waals surface area contributed by atoms with Crippen molar-refractivity contribution in [2.75, 3.05) is 26.2 Å². The lowest BCUT2D eigenvalue weighted by Gasteiger charge is -2.46. The number of hydrogen-bond donors (Lipinski definition) is 4. The fourth-order valence-corrected chi connectivity index (χ4v) is 5.25. The number of fused-ring (bicyclic) bond motifs is 1. The number of nitrogens with zero attached hydrogens (tertiary/aromatic N) is 2. The molecule has 0 radical (unpaired) electrons. The minimum Gasteiger partial charge on any atom is -0.327 e. The first kappa shape index (κ1) is 17.5. The van der Waals surface area contributed by atoms with Gasteiger partial charge in [-0.05, 0) is 37.9 Å². The normalized spacial score (nSPS) is 32.2. The Kier molecular flexibility index (Phi) is 4.83. The fourth-order valence-electron chi connectivity index (χ4n) is 4.15. The van der Waals surface area contributed by atoms with E-state index in [4.69, 9.17) is 4.98 Å². The zero-order valence-electron chi connectivity index (χ0n) is 15.3. The van der Waals surface area contributed by atoms with Crippen LogP contribution < -0.4 is 21.3 Å². The monoisotopic (exact) mass is 386 g/mol. The summed E-state index contributed by atoms with van der Waals surface area (Å²) >= 11 is 1.62. The molecule has 0 saturated carbocycles. The number of hydrogen-bond acceptors (Lipinski definition) is 7. The van der Waals surface area contributed by atoms with Gasteiger partial charge in [-0.25, -0.2) is 4.98 Å². The third kappa shape index (κ3) is 3.48. The maximum atomic E-state index is 13.1. The predicted molar refractivity (Wildman–Crippen MR) is 106 cm³/mol. The molecule has 144 valence electrons. The van der Waals surface area contributed by atoms with Crippen molar-refractivity contribution in [2.45, 2.75) is 43.7 Å². The molecule has 3 fully saturated rings. The molecule has 0 aliphatic carbocycles. The second kappa shape index (κ2) is 7.44. The number of benzene rings is 1. The van der Waals surface area contributed by atoms with E-state index in [1.807, 2.05) is 18.2 Å². The molecule has 4 heterocycles. The van der Waals surface area contributed by atoms with E-state index in [2.05, 4.69) is 32.2 Å². The summed E-state index contributed by atoms with van der Waals surface area (Å²) < 4.78 is 1.13. The molecule has 7 nitrogen and oxygen atoms in total. The minimum atomic E-state index is -0.318. The van der Waals surface area contributed by atoms with Crippen molar-refractivity contribution in [1.29, 1.82) is 0 Å². The number of nitrogens with one attached hydrogen (secondary N) is 4. The Hall–Kier alpha value is -1.58. The quantitative estimate of drug-likeness (QED) is 0.621. The van der Waals surface area contributed by atoms with Gasteiger partial charge in [0.05, 0.1) is 16.4 Å². The second-order valence-electron chi connectivity index (χ2n) is 7.65. The van der Waals surface area contributed by atoms with Crippen molar-refractivity contribution in [2.24, 2.45) is 0 Å². The summed E-state index contributed by atoms with van der Waals surface area (Å²) in [4.78, 5) is 20.2. The highest BCUT2D eigenvalue weighted by Gasteiger charge is 2.42. The molecule has 3 saturated heterocycles. The van der Waals surface area contributed by atoms with Gasteiger partial charge in [-0.3, -0.25) is 20.3 Å². The molecule has 3 aliphatic rings. The second-order valence-corrected chi connectivity index (χ2v) is 8.71. The van der Waals surface area contributed by atoms with Crippen molar-refractivity contribution in [3.63, 3.8) is 0 Å². The van der Waals surface area contributed by atoms with Gasteiger partial charge in [0, 0.05) is 25.7 Å². The third-order valence-electron chi connectivity index (χ3n) is 5.78. The Labute approximate surface area is 162 Å². The molecule has 8 heteroatoms. The average molecular weight is 387 g/mol. The molecule has 1 aromatic carbocycles. The molecule has 1 aromatic heterocycles. The maximum absolute atomic E-state index is 13.1. The van der Waals surface area contributed by atoms with Crippen LogP contribution in [0, 0.1) is 0 Å². The number of piperidine rings is 1. The van der Waals surface area contributed by atoms with Gasteiger partial charge >= 0.3 is 0 Å². The lowest BCUT2D eigenvalue weighted by atomic mass is 10.00. The SMILES string of the molecule is O=C1NC(N2CCC2)NC(N[C@@H]2CCCNC2)C1c1nc2ccccc2s1. The molecule has 3 unspecified atom stereocenters. The molecular weight excluding hydrogens is 360 g/mol.